The van der Waals surface area contributed by atoms with Crippen LogP contribution in [0.1, 0.15) is 0 Å². The number of para-hydroxylation sites is 4. The first-order chi connectivity index (χ1) is 28.8. The zero-order valence-corrected chi connectivity index (χ0v) is 33.4. The topological polar surface area (TPSA) is 9.86 Å². The van der Waals surface area contributed by atoms with Gasteiger partial charge in [0.05, 0.1) is 22.1 Å². The van der Waals surface area contributed by atoms with Gasteiger partial charge in [-0.15, -0.1) is 11.3 Å². The smallest absolute Gasteiger partial charge is 0.181 e. The zero-order valence-electron chi connectivity index (χ0n) is 31.6. The summed E-state index contributed by atoms with van der Waals surface area (Å²) in [5.74, 6) is 0. The van der Waals surface area contributed by atoms with Gasteiger partial charge >= 0.3 is 0 Å². The third-order valence-electron chi connectivity index (χ3n) is 12.2. The van der Waals surface area contributed by atoms with E-state index < -0.39 is 8.07 Å². The average molecular weight is 773 g/mol. The van der Waals surface area contributed by atoms with Crippen molar-refractivity contribution < 1.29 is 0 Å². The summed E-state index contributed by atoms with van der Waals surface area (Å²) in [5, 5.41) is 13.2. The zero-order chi connectivity index (χ0) is 38.2. The van der Waals surface area contributed by atoms with Gasteiger partial charge in [-0.2, -0.15) is 0 Å². The molecule has 0 radical (unpaired) electrons. The average Bonchev–Trinajstić information content (AvgIpc) is 3.96. The molecule has 0 atom stereocenters. The van der Waals surface area contributed by atoms with Crippen LogP contribution in [-0.2, 0) is 0 Å². The Bertz CT molecular complexity index is 3470. The van der Waals surface area contributed by atoms with Crippen molar-refractivity contribution in [3.05, 3.63) is 218 Å². The molecule has 0 aliphatic heterocycles. The first kappa shape index (κ1) is 33.2. The van der Waals surface area contributed by atoms with Crippen molar-refractivity contribution in [2.24, 2.45) is 0 Å². The molecule has 0 fully saturated rings. The third-order valence-corrected chi connectivity index (χ3v) is 18.2. The molecule has 0 amide bonds. The van der Waals surface area contributed by atoms with E-state index in [1.165, 1.54) is 90.2 Å². The third kappa shape index (κ3) is 4.70. The van der Waals surface area contributed by atoms with Gasteiger partial charge in [0, 0.05) is 53.1 Å². The normalized spacial score (nSPS) is 12.1. The molecule has 0 unspecified atom stereocenters. The van der Waals surface area contributed by atoms with Crippen LogP contribution < -0.4 is 20.7 Å². The van der Waals surface area contributed by atoms with Crippen LogP contribution in [0.5, 0.6) is 0 Å². The lowest BCUT2D eigenvalue weighted by Crippen LogP contribution is -2.75. The second kappa shape index (κ2) is 13.0. The lowest BCUT2D eigenvalue weighted by molar-refractivity contribution is 1.18. The van der Waals surface area contributed by atoms with Crippen LogP contribution >= 0.6 is 11.3 Å². The highest BCUT2D eigenvalue weighted by atomic mass is 32.1. The van der Waals surface area contributed by atoms with Crippen LogP contribution in [0.2, 0.25) is 0 Å². The van der Waals surface area contributed by atoms with Gasteiger partial charge in [-0.3, -0.25) is 0 Å². The Morgan fingerprint density at radius 2 is 0.897 bits per heavy atom. The Morgan fingerprint density at radius 1 is 0.345 bits per heavy atom. The molecule has 0 saturated heterocycles. The molecular formula is C54H36N2SSi. The highest BCUT2D eigenvalue weighted by molar-refractivity contribution is 7.26. The Balaban J connectivity index is 1.22. The lowest BCUT2D eigenvalue weighted by Gasteiger charge is -2.35. The fourth-order valence-corrected chi connectivity index (χ4v) is 16.1. The number of thiophene rings is 1. The van der Waals surface area contributed by atoms with Gasteiger partial charge in [-0.1, -0.05) is 170 Å². The Hall–Kier alpha value is -6.98. The van der Waals surface area contributed by atoms with E-state index >= 15 is 0 Å². The summed E-state index contributed by atoms with van der Waals surface area (Å²) in [6.07, 6.45) is 0. The van der Waals surface area contributed by atoms with Gasteiger partial charge in [-0.05, 0) is 69.3 Å². The Labute approximate surface area is 341 Å². The minimum atomic E-state index is -3.07. The molecule has 0 N–H and O–H groups in total. The molecule has 0 bridgehead atoms. The van der Waals surface area contributed by atoms with Crippen molar-refractivity contribution in [1.82, 2.24) is 9.13 Å². The monoisotopic (exact) mass is 772 g/mol. The van der Waals surface area contributed by atoms with E-state index in [0.29, 0.717) is 0 Å². The van der Waals surface area contributed by atoms with Crippen molar-refractivity contribution in [2.75, 3.05) is 0 Å². The van der Waals surface area contributed by atoms with Gasteiger partial charge in [0.1, 0.15) is 0 Å². The van der Waals surface area contributed by atoms with E-state index in [-0.39, 0.29) is 0 Å². The maximum absolute atomic E-state index is 3.07. The molecule has 0 spiro atoms. The molecule has 9 aromatic carbocycles. The Kier molecular flexibility index (Phi) is 7.46. The standard InChI is InChI=1S/C54H36N2SSi/c1-4-18-37(19-5-1)56-47-30-13-10-26-42(47)44-29-17-33-51(53(44)56)58(39-21-6-2-7-22-39,40-23-8-3-9-24-40)41-25-16-20-38(36-41)55-48-31-14-11-28-46(48)52-49(55)35-34-45-43-27-12-15-32-50(43)57-54(45)52/h1-36H. The fraction of sp³-hybridized carbons (Fsp3) is 0. The maximum atomic E-state index is 2.52. The first-order valence-electron chi connectivity index (χ1n) is 19.9. The summed E-state index contributed by atoms with van der Waals surface area (Å²) in [6.45, 7) is 0. The van der Waals surface area contributed by atoms with Crippen LogP contribution in [0.25, 0.3) is 75.2 Å². The number of hydrogen-bond acceptors (Lipinski definition) is 1. The van der Waals surface area contributed by atoms with Crippen LogP contribution in [0.3, 0.4) is 0 Å². The fourth-order valence-electron chi connectivity index (χ4n) is 9.90. The van der Waals surface area contributed by atoms with Crippen LogP contribution in [0, 0.1) is 0 Å². The molecular weight excluding hydrogens is 737 g/mol. The molecule has 272 valence electrons. The molecule has 3 heterocycles. The highest BCUT2D eigenvalue weighted by Gasteiger charge is 2.44. The summed E-state index contributed by atoms with van der Waals surface area (Å²) >= 11 is 1.91. The number of fused-ring (bicyclic) bond motifs is 10. The second-order valence-electron chi connectivity index (χ2n) is 15.2. The number of rotatable bonds is 6. The molecule has 0 aliphatic rings. The quantitative estimate of drug-likeness (QED) is 0.118. The summed E-state index contributed by atoms with van der Waals surface area (Å²) in [5.41, 5.74) is 7.27. The predicted molar refractivity (Wildman–Crippen MR) is 252 cm³/mol. The minimum absolute atomic E-state index is 1.16. The molecule has 12 aromatic rings. The highest BCUT2D eigenvalue weighted by Crippen LogP contribution is 2.43. The van der Waals surface area contributed by atoms with E-state index in [4.69, 9.17) is 0 Å². The number of nitrogens with zero attached hydrogens (tertiary/aromatic N) is 2. The summed E-state index contributed by atoms with van der Waals surface area (Å²) in [4.78, 5) is 0. The van der Waals surface area contributed by atoms with Crippen LogP contribution in [0.15, 0.2) is 218 Å². The number of hydrogen-bond donors (Lipinski definition) is 0. The van der Waals surface area contributed by atoms with Gasteiger partial charge in [0.25, 0.3) is 0 Å². The summed E-state index contributed by atoms with van der Waals surface area (Å²) in [7, 11) is -3.07. The molecule has 4 heteroatoms. The van der Waals surface area contributed by atoms with E-state index in [1.54, 1.807) is 0 Å². The first-order valence-corrected chi connectivity index (χ1v) is 22.8. The lowest BCUT2D eigenvalue weighted by atomic mass is 10.1. The van der Waals surface area contributed by atoms with Gasteiger partial charge in [-0.25, -0.2) is 0 Å². The van der Waals surface area contributed by atoms with Crippen molar-refractivity contribution in [3.8, 4) is 11.4 Å². The molecule has 58 heavy (non-hydrogen) atoms. The molecule has 2 nitrogen and oxygen atoms in total. The van der Waals surface area contributed by atoms with Crippen molar-refractivity contribution >= 4 is 104 Å². The SMILES string of the molecule is c1ccc(-n2c3ccccc3c3cccc([Si](c4ccccc4)(c4ccccc4)c4cccc(-n5c6ccccc6c6c7sc8ccccc8c7ccc65)c4)c32)cc1. The summed E-state index contributed by atoms with van der Waals surface area (Å²) < 4.78 is 7.70. The van der Waals surface area contributed by atoms with E-state index in [0.717, 1.165) is 5.69 Å². The summed E-state index contributed by atoms with van der Waals surface area (Å²) in [6, 6.07) is 81.5. The van der Waals surface area contributed by atoms with Gasteiger partial charge in [0.15, 0.2) is 8.07 Å². The number of aromatic nitrogens is 2. The van der Waals surface area contributed by atoms with Crippen molar-refractivity contribution in [1.29, 1.82) is 0 Å². The van der Waals surface area contributed by atoms with Gasteiger partial charge in [0.2, 0.25) is 0 Å². The Morgan fingerprint density at radius 3 is 1.64 bits per heavy atom. The molecule has 0 aliphatic carbocycles. The van der Waals surface area contributed by atoms with Crippen molar-refractivity contribution in [3.63, 3.8) is 0 Å². The van der Waals surface area contributed by atoms with E-state index in [2.05, 4.69) is 228 Å². The molecule has 0 saturated carbocycles. The van der Waals surface area contributed by atoms with E-state index in [1.807, 2.05) is 11.3 Å². The number of benzene rings is 9. The second-order valence-corrected chi connectivity index (χ2v) is 20.0. The van der Waals surface area contributed by atoms with Crippen molar-refractivity contribution in [2.45, 2.75) is 0 Å². The van der Waals surface area contributed by atoms with Gasteiger partial charge < -0.3 is 9.13 Å². The molecule has 3 aromatic heterocycles. The largest absolute Gasteiger partial charge is 0.309 e. The van der Waals surface area contributed by atoms with E-state index in [9.17, 15) is 0 Å². The maximum Gasteiger partial charge on any atom is 0.181 e. The van der Waals surface area contributed by atoms with Crippen LogP contribution in [-0.4, -0.2) is 17.2 Å². The van der Waals surface area contributed by atoms with Crippen LogP contribution in [0.4, 0.5) is 0 Å². The molecule has 12 rings (SSSR count). The minimum Gasteiger partial charge on any atom is -0.309 e. The predicted octanol–water partition coefficient (Wildman–Crippen LogP) is 11.6.